The number of urea groups is 1. The lowest BCUT2D eigenvalue weighted by molar-refractivity contribution is -0.121. The normalized spacial score (nSPS) is 9.89. The first-order chi connectivity index (χ1) is 8.70. The maximum atomic E-state index is 11.4. The van der Waals surface area contributed by atoms with E-state index in [1.54, 1.807) is 0 Å². The first-order valence-electron chi connectivity index (χ1n) is 6.99. The van der Waals surface area contributed by atoms with Crippen LogP contribution in [-0.2, 0) is 4.79 Å². The van der Waals surface area contributed by atoms with E-state index in [1.165, 1.54) is 12.8 Å². The lowest BCUT2D eigenvalue weighted by Gasteiger charge is -2.08. The van der Waals surface area contributed by atoms with Crippen LogP contribution >= 0.6 is 0 Å². The zero-order chi connectivity index (χ0) is 13.6. The van der Waals surface area contributed by atoms with Crippen LogP contribution in [0.5, 0.6) is 0 Å². The second kappa shape index (κ2) is 12.2. The standard InChI is InChI=1S/C13H27N3O2/c1-3-5-7-8-9-12(17)15-11-16-13(18)14-10-6-4-2/h3-11H2,1-2H3,(H,15,17)(H2,14,16,18). The van der Waals surface area contributed by atoms with Crippen LogP contribution < -0.4 is 16.0 Å². The Morgan fingerprint density at radius 2 is 1.56 bits per heavy atom. The molecule has 0 aromatic rings. The Balaban J connectivity index is 3.35. The second-order valence-corrected chi connectivity index (χ2v) is 4.37. The molecule has 3 amide bonds. The fraction of sp³-hybridized carbons (Fsp3) is 0.846. The summed E-state index contributed by atoms with van der Waals surface area (Å²) in [4.78, 5) is 22.6. The van der Waals surface area contributed by atoms with Crippen LogP contribution in [0.1, 0.15) is 58.8 Å². The molecule has 5 heteroatoms. The third-order valence-corrected chi connectivity index (χ3v) is 2.61. The highest BCUT2D eigenvalue weighted by Crippen LogP contribution is 2.01. The first kappa shape index (κ1) is 16.7. The minimum atomic E-state index is -0.227. The second-order valence-electron chi connectivity index (χ2n) is 4.37. The van der Waals surface area contributed by atoms with E-state index in [0.29, 0.717) is 13.0 Å². The van der Waals surface area contributed by atoms with Crippen LogP contribution in [0.3, 0.4) is 0 Å². The Labute approximate surface area is 110 Å². The van der Waals surface area contributed by atoms with Crippen LogP contribution in [-0.4, -0.2) is 25.2 Å². The predicted molar refractivity (Wildman–Crippen MR) is 73.2 cm³/mol. The number of hydrogen-bond acceptors (Lipinski definition) is 2. The molecule has 0 aliphatic rings. The topological polar surface area (TPSA) is 70.2 Å². The number of unbranched alkanes of at least 4 members (excludes halogenated alkanes) is 4. The molecule has 106 valence electrons. The Hall–Kier alpha value is -1.26. The Morgan fingerprint density at radius 1 is 0.833 bits per heavy atom. The molecule has 0 saturated carbocycles. The molecule has 18 heavy (non-hydrogen) atoms. The molecule has 0 aliphatic heterocycles. The zero-order valence-electron chi connectivity index (χ0n) is 11.7. The van der Waals surface area contributed by atoms with E-state index in [1.807, 2.05) is 0 Å². The van der Waals surface area contributed by atoms with E-state index < -0.39 is 0 Å². The molecule has 0 fully saturated rings. The maximum Gasteiger partial charge on any atom is 0.316 e. The molecule has 0 atom stereocenters. The summed E-state index contributed by atoms with van der Waals surface area (Å²) in [7, 11) is 0. The van der Waals surface area contributed by atoms with E-state index in [9.17, 15) is 9.59 Å². The van der Waals surface area contributed by atoms with Gasteiger partial charge in [0.05, 0.1) is 6.67 Å². The zero-order valence-corrected chi connectivity index (χ0v) is 11.7. The highest BCUT2D eigenvalue weighted by molar-refractivity contribution is 5.77. The van der Waals surface area contributed by atoms with E-state index in [4.69, 9.17) is 0 Å². The molecule has 0 spiro atoms. The van der Waals surface area contributed by atoms with E-state index in [0.717, 1.165) is 25.7 Å². The summed E-state index contributed by atoms with van der Waals surface area (Å²) in [6.45, 7) is 5.08. The van der Waals surface area contributed by atoms with Gasteiger partial charge >= 0.3 is 6.03 Å². The first-order valence-corrected chi connectivity index (χ1v) is 6.99. The summed E-state index contributed by atoms with van der Waals surface area (Å²) in [5.41, 5.74) is 0. The quantitative estimate of drug-likeness (QED) is 0.414. The molecule has 0 aliphatic carbocycles. The molecule has 0 unspecified atom stereocenters. The van der Waals surface area contributed by atoms with Crippen LogP contribution in [0.2, 0.25) is 0 Å². The number of nitrogens with one attached hydrogen (secondary N) is 3. The van der Waals surface area contributed by atoms with Gasteiger partial charge in [0.1, 0.15) is 0 Å². The van der Waals surface area contributed by atoms with Gasteiger partial charge in [-0.15, -0.1) is 0 Å². The molecular weight excluding hydrogens is 230 g/mol. The summed E-state index contributed by atoms with van der Waals surface area (Å²) in [5, 5.41) is 7.98. The Morgan fingerprint density at radius 3 is 2.22 bits per heavy atom. The maximum absolute atomic E-state index is 11.4. The fourth-order valence-corrected chi connectivity index (χ4v) is 1.46. The number of hydrogen-bond donors (Lipinski definition) is 3. The lowest BCUT2D eigenvalue weighted by atomic mass is 10.1. The molecule has 5 nitrogen and oxygen atoms in total. The third kappa shape index (κ3) is 11.2. The van der Waals surface area contributed by atoms with Crippen molar-refractivity contribution >= 4 is 11.9 Å². The molecule has 0 heterocycles. The van der Waals surface area contributed by atoms with Crippen LogP contribution in [0.15, 0.2) is 0 Å². The summed E-state index contributed by atoms with van der Waals surface area (Å²) >= 11 is 0. The SMILES string of the molecule is CCCCCCC(=O)NCNC(=O)NCCCC. The van der Waals surface area contributed by atoms with Crippen LogP contribution in [0.4, 0.5) is 4.79 Å². The number of rotatable bonds is 10. The van der Waals surface area contributed by atoms with Gasteiger partial charge in [0.25, 0.3) is 0 Å². The van der Waals surface area contributed by atoms with Gasteiger partial charge in [-0.05, 0) is 12.8 Å². The highest BCUT2D eigenvalue weighted by Gasteiger charge is 2.01. The molecule has 0 bridgehead atoms. The van der Waals surface area contributed by atoms with Crippen molar-refractivity contribution in [3.63, 3.8) is 0 Å². The van der Waals surface area contributed by atoms with Gasteiger partial charge in [-0.25, -0.2) is 4.79 Å². The molecule has 0 rings (SSSR count). The van der Waals surface area contributed by atoms with Crippen LogP contribution in [0.25, 0.3) is 0 Å². The van der Waals surface area contributed by atoms with Crippen molar-refractivity contribution in [3.8, 4) is 0 Å². The number of carbonyl (C=O) groups is 2. The fourth-order valence-electron chi connectivity index (χ4n) is 1.46. The number of carbonyl (C=O) groups excluding carboxylic acids is 2. The molecule has 0 radical (unpaired) electrons. The monoisotopic (exact) mass is 257 g/mol. The van der Waals surface area contributed by atoms with Crippen molar-refractivity contribution in [2.24, 2.45) is 0 Å². The van der Waals surface area contributed by atoms with Gasteiger partial charge in [0.15, 0.2) is 0 Å². The summed E-state index contributed by atoms with van der Waals surface area (Å²) in [5.74, 6) is -0.0000359. The van der Waals surface area contributed by atoms with E-state index in [-0.39, 0.29) is 18.6 Å². The van der Waals surface area contributed by atoms with Crippen molar-refractivity contribution in [1.29, 1.82) is 0 Å². The molecule has 0 aromatic carbocycles. The van der Waals surface area contributed by atoms with Crippen molar-refractivity contribution in [2.45, 2.75) is 58.8 Å². The minimum absolute atomic E-state index is 0.0000359. The summed E-state index contributed by atoms with van der Waals surface area (Å²) < 4.78 is 0. The average Bonchev–Trinajstić information content (AvgIpc) is 2.35. The van der Waals surface area contributed by atoms with Gasteiger partial charge in [0.2, 0.25) is 5.91 Å². The van der Waals surface area contributed by atoms with Crippen molar-refractivity contribution in [3.05, 3.63) is 0 Å². The Kier molecular flexibility index (Phi) is 11.3. The molecule has 0 saturated heterocycles. The van der Waals surface area contributed by atoms with Crippen molar-refractivity contribution in [1.82, 2.24) is 16.0 Å². The third-order valence-electron chi connectivity index (χ3n) is 2.61. The van der Waals surface area contributed by atoms with E-state index >= 15 is 0 Å². The predicted octanol–water partition coefficient (Wildman–Crippen LogP) is 2.13. The summed E-state index contributed by atoms with van der Waals surface area (Å²) in [6.07, 6.45) is 6.91. The van der Waals surface area contributed by atoms with Crippen LogP contribution in [0, 0.1) is 0 Å². The van der Waals surface area contributed by atoms with Gasteiger partial charge in [0, 0.05) is 13.0 Å². The Bertz CT molecular complexity index is 232. The lowest BCUT2D eigenvalue weighted by Crippen LogP contribution is -2.42. The van der Waals surface area contributed by atoms with Gasteiger partial charge in [-0.3, -0.25) is 4.79 Å². The molecule has 3 N–H and O–H groups in total. The highest BCUT2D eigenvalue weighted by atomic mass is 16.2. The van der Waals surface area contributed by atoms with Gasteiger partial charge < -0.3 is 16.0 Å². The minimum Gasteiger partial charge on any atom is -0.339 e. The van der Waals surface area contributed by atoms with Gasteiger partial charge in [-0.2, -0.15) is 0 Å². The largest absolute Gasteiger partial charge is 0.339 e. The van der Waals surface area contributed by atoms with Crippen molar-refractivity contribution in [2.75, 3.05) is 13.2 Å². The molecule has 0 aromatic heterocycles. The molecular formula is C13H27N3O2. The van der Waals surface area contributed by atoms with Crippen molar-refractivity contribution < 1.29 is 9.59 Å². The smallest absolute Gasteiger partial charge is 0.316 e. The van der Waals surface area contributed by atoms with Gasteiger partial charge in [-0.1, -0.05) is 39.5 Å². The number of amides is 3. The summed E-state index contributed by atoms with van der Waals surface area (Å²) in [6, 6.07) is -0.227. The average molecular weight is 257 g/mol. The van der Waals surface area contributed by atoms with E-state index in [2.05, 4.69) is 29.8 Å².